The highest BCUT2D eigenvalue weighted by molar-refractivity contribution is 6.21. The Labute approximate surface area is 94.2 Å². The van der Waals surface area contributed by atoms with Gasteiger partial charge in [-0.05, 0) is 33.1 Å². The second kappa shape index (κ2) is 3.06. The summed E-state index contributed by atoms with van der Waals surface area (Å²) in [5.41, 5.74) is -1.47. The summed E-state index contributed by atoms with van der Waals surface area (Å²) in [5, 5.41) is 2.28. The Morgan fingerprint density at radius 2 is 1.88 bits per heavy atom. The second-order valence-corrected chi connectivity index (χ2v) is 5.15. The van der Waals surface area contributed by atoms with Crippen LogP contribution in [0.2, 0.25) is 0 Å². The largest absolute Gasteiger partial charge is 0.331 e. The summed E-state index contributed by atoms with van der Waals surface area (Å²) in [7, 11) is 0. The molecule has 2 fully saturated rings. The highest BCUT2D eigenvalue weighted by Gasteiger charge is 2.63. The quantitative estimate of drug-likeness (QED) is 0.712. The van der Waals surface area contributed by atoms with Gasteiger partial charge in [0.2, 0.25) is 11.8 Å². The lowest BCUT2D eigenvalue weighted by Crippen LogP contribution is -2.64. The van der Waals surface area contributed by atoms with Crippen molar-refractivity contribution in [2.24, 2.45) is 5.41 Å². The molecule has 88 valence electrons. The molecule has 1 spiro atoms. The molecule has 1 aliphatic carbocycles. The zero-order valence-corrected chi connectivity index (χ0v) is 9.79. The van der Waals surface area contributed by atoms with Crippen LogP contribution >= 0.6 is 0 Å². The SMILES string of the molecule is CCC(C)(C)N1C(=O)NC(=O)C2(CC2)C1=O. The number of carbonyl (C=O) groups excluding carboxylic acids is 3. The predicted molar refractivity (Wildman–Crippen MR) is 56.4 cm³/mol. The lowest BCUT2D eigenvalue weighted by atomic mass is 9.93. The fraction of sp³-hybridized carbons (Fsp3) is 0.727. The molecular weight excluding hydrogens is 208 g/mol. The summed E-state index contributed by atoms with van der Waals surface area (Å²) >= 11 is 0. The van der Waals surface area contributed by atoms with E-state index in [1.54, 1.807) is 0 Å². The van der Waals surface area contributed by atoms with Gasteiger partial charge in [0.1, 0.15) is 5.41 Å². The van der Waals surface area contributed by atoms with Crippen molar-refractivity contribution < 1.29 is 14.4 Å². The van der Waals surface area contributed by atoms with Crippen molar-refractivity contribution in [3.63, 3.8) is 0 Å². The Morgan fingerprint density at radius 3 is 2.31 bits per heavy atom. The molecule has 4 amide bonds. The summed E-state index contributed by atoms with van der Waals surface area (Å²) in [6.45, 7) is 5.57. The molecule has 16 heavy (non-hydrogen) atoms. The summed E-state index contributed by atoms with van der Waals surface area (Å²) < 4.78 is 0. The predicted octanol–water partition coefficient (Wildman–Crippen LogP) is 1.03. The highest BCUT2D eigenvalue weighted by Crippen LogP contribution is 2.50. The monoisotopic (exact) mass is 224 g/mol. The lowest BCUT2D eigenvalue weighted by Gasteiger charge is -2.40. The van der Waals surface area contributed by atoms with Gasteiger partial charge in [-0.1, -0.05) is 6.92 Å². The third-order valence-corrected chi connectivity index (χ3v) is 3.69. The molecule has 0 aromatic carbocycles. The smallest absolute Gasteiger partial charge is 0.277 e. The maximum absolute atomic E-state index is 12.2. The number of urea groups is 1. The van der Waals surface area contributed by atoms with Crippen LogP contribution in [0.1, 0.15) is 40.0 Å². The van der Waals surface area contributed by atoms with Crippen LogP contribution in [0.25, 0.3) is 0 Å². The van der Waals surface area contributed by atoms with E-state index in [-0.39, 0.29) is 5.91 Å². The molecule has 2 aliphatic rings. The topological polar surface area (TPSA) is 66.5 Å². The Hall–Kier alpha value is -1.39. The number of nitrogens with zero attached hydrogens (tertiary/aromatic N) is 1. The minimum Gasteiger partial charge on any atom is -0.277 e. The molecule has 0 radical (unpaired) electrons. The Morgan fingerprint density at radius 1 is 1.31 bits per heavy atom. The number of nitrogens with one attached hydrogen (secondary N) is 1. The van der Waals surface area contributed by atoms with Crippen LogP contribution in [0, 0.1) is 5.41 Å². The first-order valence-corrected chi connectivity index (χ1v) is 5.55. The van der Waals surface area contributed by atoms with Crippen molar-refractivity contribution in [2.75, 3.05) is 0 Å². The van der Waals surface area contributed by atoms with Crippen molar-refractivity contribution in [3.05, 3.63) is 0 Å². The molecule has 0 aromatic rings. The van der Waals surface area contributed by atoms with E-state index in [1.807, 2.05) is 20.8 Å². The summed E-state index contributed by atoms with van der Waals surface area (Å²) in [6.07, 6.45) is 1.78. The number of barbiturate groups is 1. The van der Waals surface area contributed by atoms with E-state index in [4.69, 9.17) is 0 Å². The molecule has 0 atom stereocenters. The minimum atomic E-state index is -0.930. The van der Waals surface area contributed by atoms with Gasteiger partial charge in [0.05, 0.1) is 0 Å². The molecule has 5 nitrogen and oxygen atoms in total. The molecule has 1 saturated carbocycles. The zero-order chi connectivity index (χ0) is 12.1. The van der Waals surface area contributed by atoms with Crippen molar-refractivity contribution in [1.82, 2.24) is 10.2 Å². The van der Waals surface area contributed by atoms with Crippen LogP contribution in [0.3, 0.4) is 0 Å². The molecule has 1 aliphatic heterocycles. The van der Waals surface area contributed by atoms with Crippen LogP contribution in [-0.4, -0.2) is 28.3 Å². The van der Waals surface area contributed by atoms with E-state index < -0.39 is 22.9 Å². The third-order valence-electron chi connectivity index (χ3n) is 3.69. The number of imide groups is 2. The number of rotatable bonds is 2. The highest BCUT2D eigenvalue weighted by atomic mass is 16.2. The van der Waals surface area contributed by atoms with Gasteiger partial charge in [0.25, 0.3) is 0 Å². The van der Waals surface area contributed by atoms with E-state index in [1.165, 1.54) is 4.90 Å². The molecule has 2 rings (SSSR count). The van der Waals surface area contributed by atoms with Gasteiger partial charge in [-0.3, -0.25) is 19.8 Å². The minimum absolute atomic E-state index is 0.326. The average Bonchev–Trinajstić information content (AvgIpc) is 2.96. The third kappa shape index (κ3) is 1.27. The fourth-order valence-corrected chi connectivity index (χ4v) is 1.95. The maximum Gasteiger partial charge on any atom is 0.331 e. The van der Waals surface area contributed by atoms with E-state index in [0.717, 1.165) is 0 Å². The van der Waals surface area contributed by atoms with Gasteiger partial charge in [0.15, 0.2) is 0 Å². The molecule has 1 saturated heterocycles. The van der Waals surface area contributed by atoms with Crippen molar-refractivity contribution in [1.29, 1.82) is 0 Å². The normalized spacial score (nSPS) is 23.7. The molecule has 1 heterocycles. The first-order chi connectivity index (χ1) is 7.35. The molecule has 5 heteroatoms. The summed E-state index contributed by atoms with van der Waals surface area (Å²) in [6, 6.07) is -0.584. The Balaban J connectivity index is 2.36. The zero-order valence-electron chi connectivity index (χ0n) is 9.79. The van der Waals surface area contributed by atoms with E-state index >= 15 is 0 Å². The average molecular weight is 224 g/mol. The number of hydrogen-bond donors (Lipinski definition) is 1. The van der Waals surface area contributed by atoms with Gasteiger partial charge in [-0.15, -0.1) is 0 Å². The molecule has 0 bridgehead atoms. The van der Waals surface area contributed by atoms with Crippen LogP contribution in [0.5, 0.6) is 0 Å². The lowest BCUT2D eigenvalue weighted by molar-refractivity contribution is -0.148. The van der Waals surface area contributed by atoms with Crippen molar-refractivity contribution in [2.45, 2.75) is 45.6 Å². The Kier molecular flexibility index (Phi) is 2.12. The van der Waals surface area contributed by atoms with Crippen LogP contribution in [0.15, 0.2) is 0 Å². The van der Waals surface area contributed by atoms with Crippen molar-refractivity contribution in [3.8, 4) is 0 Å². The van der Waals surface area contributed by atoms with Gasteiger partial charge in [-0.25, -0.2) is 4.79 Å². The van der Waals surface area contributed by atoms with Gasteiger partial charge in [0, 0.05) is 5.54 Å². The molecule has 0 aromatic heterocycles. The van der Waals surface area contributed by atoms with Crippen molar-refractivity contribution >= 4 is 17.8 Å². The molecule has 1 N–H and O–H groups in total. The van der Waals surface area contributed by atoms with Crippen LogP contribution < -0.4 is 5.32 Å². The Bertz CT molecular complexity index is 383. The van der Waals surface area contributed by atoms with Crippen LogP contribution in [0.4, 0.5) is 4.79 Å². The fourth-order valence-electron chi connectivity index (χ4n) is 1.95. The number of amides is 4. The molecule has 0 unspecified atom stereocenters. The number of hydrogen-bond acceptors (Lipinski definition) is 3. The summed E-state index contributed by atoms with van der Waals surface area (Å²) in [5.74, 6) is -0.751. The van der Waals surface area contributed by atoms with Crippen LogP contribution in [-0.2, 0) is 9.59 Å². The van der Waals surface area contributed by atoms with E-state index in [0.29, 0.717) is 19.3 Å². The molecular formula is C11H16N2O3. The van der Waals surface area contributed by atoms with Gasteiger partial charge < -0.3 is 0 Å². The second-order valence-electron chi connectivity index (χ2n) is 5.15. The van der Waals surface area contributed by atoms with E-state index in [9.17, 15) is 14.4 Å². The van der Waals surface area contributed by atoms with Gasteiger partial charge in [-0.2, -0.15) is 0 Å². The maximum atomic E-state index is 12.2. The van der Waals surface area contributed by atoms with Gasteiger partial charge >= 0.3 is 6.03 Å². The first-order valence-electron chi connectivity index (χ1n) is 5.55. The standard InChI is InChI=1S/C11H16N2O3/c1-4-10(2,3)13-8(15)11(5-6-11)7(14)12-9(13)16/h4-6H2,1-3H3,(H,12,14,16). The van der Waals surface area contributed by atoms with E-state index in [2.05, 4.69) is 5.32 Å². The summed E-state index contributed by atoms with van der Waals surface area (Å²) in [4.78, 5) is 36.7. The number of carbonyl (C=O) groups is 3. The first kappa shape index (κ1) is 11.1.